The highest BCUT2D eigenvalue weighted by Gasteiger charge is 2.31. The van der Waals surface area contributed by atoms with Crippen LogP contribution in [0.2, 0.25) is 5.02 Å². The summed E-state index contributed by atoms with van der Waals surface area (Å²) in [5, 5.41) is 3.13. The Labute approximate surface area is 211 Å². The van der Waals surface area contributed by atoms with Gasteiger partial charge in [-0.05, 0) is 60.7 Å². The standard InChI is InChI=1S/C27H27ClN2O4S/c1-18-14-19(2)17-30(16-18)35(33,34)23-11-8-21(9-12-23)27(32)29-25-13-10-22(28)15-24(25)26(31)20-6-4-3-5-7-20/h3-13,15,18-19H,14,16-17H2,1-2H3,(H,29,32)/t18-,19-/m0/s1. The summed E-state index contributed by atoms with van der Waals surface area (Å²) in [5.41, 5.74) is 1.34. The molecule has 35 heavy (non-hydrogen) atoms. The fourth-order valence-electron chi connectivity index (χ4n) is 4.48. The first-order valence-corrected chi connectivity index (χ1v) is 13.3. The number of hydrogen-bond donors (Lipinski definition) is 1. The molecule has 1 heterocycles. The Morgan fingerprint density at radius 2 is 1.51 bits per heavy atom. The largest absolute Gasteiger partial charge is 0.321 e. The highest BCUT2D eigenvalue weighted by atomic mass is 35.5. The topological polar surface area (TPSA) is 83.6 Å². The van der Waals surface area contributed by atoms with Gasteiger partial charge >= 0.3 is 0 Å². The number of rotatable bonds is 6. The fourth-order valence-corrected chi connectivity index (χ4v) is 6.33. The molecule has 0 radical (unpaired) electrons. The van der Waals surface area contributed by atoms with Crippen molar-refractivity contribution in [2.75, 3.05) is 18.4 Å². The monoisotopic (exact) mass is 510 g/mol. The number of nitrogens with one attached hydrogen (secondary N) is 1. The van der Waals surface area contributed by atoms with Crippen LogP contribution in [0.1, 0.15) is 46.5 Å². The molecule has 1 aliphatic heterocycles. The molecule has 6 nitrogen and oxygen atoms in total. The van der Waals surface area contributed by atoms with Crippen LogP contribution >= 0.6 is 11.6 Å². The maximum atomic E-state index is 13.1. The molecular formula is C27H27ClN2O4S. The lowest BCUT2D eigenvalue weighted by Crippen LogP contribution is -2.42. The smallest absolute Gasteiger partial charge is 0.255 e. The number of ketones is 1. The second kappa shape index (κ2) is 10.3. The van der Waals surface area contributed by atoms with Crippen molar-refractivity contribution < 1.29 is 18.0 Å². The van der Waals surface area contributed by atoms with Gasteiger partial charge in [0.05, 0.1) is 10.6 Å². The molecule has 0 aliphatic carbocycles. The van der Waals surface area contributed by atoms with Crippen molar-refractivity contribution in [2.24, 2.45) is 11.8 Å². The molecule has 0 saturated carbocycles. The van der Waals surface area contributed by atoms with E-state index in [0.717, 1.165) is 6.42 Å². The molecule has 3 aromatic carbocycles. The summed E-state index contributed by atoms with van der Waals surface area (Å²) in [5.74, 6) is -0.134. The van der Waals surface area contributed by atoms with E-state index in [9.17, 15) is 18.0 Å². The van der Waals surface area contributed by atoms with E-state index in [1.807, 2.05) is 6.07 Å². The molecular weight excluding hydrogens is 484 g/mol. The van der Waals surface area contributed by atoms with Crippen LogP contribution in [0.25, 0.3) is 0 Å². The Hall–Kier alpha value is -3.00. The second-order valence-electron chi connectivity index (χ2n) is 9.13. The number of sulfonamides is 1. The summed E-state index contributed by atoms with van der Waals surface area (Å²) < 4.78 is 27.7. The molecule has 1 aliphatic rings. The molecule has 2 atom stereocenters. The lowest BCUT2D eigenvalue weighted by molar-refractivity contribution is 0.102. The fraction of sp³-hybridized carbons (Fsp3) is 0.259. The number of nitrogens with zero attached hydrogens (tertiary/aromatic N) is 1. The van der Waals surface area contributed by atoms with E-state index in [4.69, 9.17) is 11.6 Å². The Kier molecular flexibility index (Phi) is 7.40. The molecule has 1 saturated heterocycles. The average molecular weight is 511 g/mol. The van der Waals surface area contributed by atoms with Crippen molar-refractivity contribution in [3.8, 4) is 0 Å². The van der Waals surface area contributed by atoms with Crippen molar-refractivity contribution in [1.29, 1.82) is 0 Å². The number of piperidine rings is 1. The maximum Gasteiger partial charge on any atom is 0.255 e. The zero-order valence-corrected chi connectivity index (χ0v) is 21.1. The predicted octanol–water partition coefficient (Wildman–Crippen LogP) is 5.49. The molecule has 8 heteroatoms. The number of benzene rings is 3. The number of hydrogen-bond acceptors (Lipinski definition) is 4. The highest BCUT2D eigenvalue weighted by molar-refractivity contribution is 7.89. The number of anilines is 1. The minimum absolute atomic E-state index is 0.154. The van der Waals surface area contributed by atoms with E-state index in [1.54, 1.807) is 36.4 Å². The van der Waals surface area contributed by atoms with Crippen LogP contribution in [-0.2, 0) is 10.0 Å². The van der Waals surface area contributed by atoms with E-state index >= 15 is 0 Å². The summed E-state index contributed by atoms with van der Waals surface area (Å²) >= 11 is 6.12. The van der Waals surface area contributed by atoms with Crippen molar-refractivity contribution in [1.82, 2.24) is 4.31 Å². The highest BCUT2D eigenvalue weighted by Crippen LogP contribution is 2.28. The first-order valence-electron chi connectivity index (χ1n) is 11.5. The summed E-state index contributed by atoms with van der Waals surface area (Å²) in [6, 6.07) is 19.3. The third kappa shape index (κ3) is 5.64. The molecule has 0 aromatic heterocycles. The SMILES string of the molecule is C[C@H]1C[C@H](C)CN(S(=O)(=O)c2ccc(C(=O)Nc3ccc(Cl)cc3C(=O)c3ccccc3)cc2)C1. The third-order valence-corrected chi connectivity index (χ3v) is 8.18. The Bertz CT molecular complexity index is 1330. The minimum Gasteiger partial charge on any atom is -0.321 e. The summed E-state index contributed by atoms with van der Waals surface area (Å²) in [4.78, 5) is 26.1. The lowest BCUT2D eigenvalue weighted by Gasteiger charge is -2.34. The van der Waals surface area contributed by atoms with Crippen LogP contribution in [0.3, 0.4) is 0 Å². The van der Waals surface area contributed by atoms with Gasteiger partial charge < -0.3 is 5.32 Å². The average Bonchev–Trinajstić information content (AvgIpc) is 2.84. The van der Waals surface area contributed by atoms with Gasteiger partial charge in [-0.2, -0.15) is 4.31 Å². The van der Waals surface area contributed by atoms with Gasteiger partial charge in [-0.15, -0.1) is 0 Å². The maximum absolute atomic E-state index is 13.1. The molecule has 0 unspecified atom stereocenters. The van der Waals surface area contributed by atoms with Crippen LogP contribution in [-0.4, -0.2) is 37.5 Å². The molecule has 3 aromatic rings. The van der Waals surface area contributed by atoms with Gasteiger partial charge in [0, 0.05) is 34.8 Å². The predicted molar refractivity (Wildman–Crippen MR) is 137 cm³/mol. The Morgan fingerprint density at radius 1 is 0.886 bits per heavy atom. The van der Waals surface area contributed by atoms with Gasteiger partial charge in [-0.1, -0.05) is 55.8 Å². The van der Waals surface area contributed by atoms with Crippen LogP contribution in [0, 0.1) is 11.8 Å². The van der Waals surface area contributed by atoms with E-state index in [-0.39, 0.29) is 21.8 Å². The van der Waals surface area contributed by atoms with Crippen molar-refractivity contribution >= 4 is 39.0 Å². The number of halogens is 1. The zero-order chi connectivity index (χ0) is 25.2. The van der Waals surface area contributed by atoms with E-state index in [2.05, 4.69) is 19.2 Å². The summed E-state index contributed by atoms with van der Waals surface area (Å²) in [6.45, 7) is 5.09. The van der Waals surface area contributed by atoms with Crippen molar-refractivity contribution in [2.45, 2.75) is 25.2 Å². The van der Waals surface area contributed by atoms with E-state index < -0.39 is 15.9 Å². The second-order valence-corrected chi connectivity index (χ2v) is 11.5. The van der Waals surface area contributed by atoms with Crippen LogP contribution in [0.4, 0.5) is 5.69 Å². The zero-order valence-electron chi connectivity index (χ0n) is 19.6. The molecule has 0 bridgehead atoms. The van der Waals surface area contributed by atoms with Crippen LogP contribution in [0.15, 0.2) is 77.7 Å². The van der Waals surface area contributed by atoms with Crippen LogP contribution in [0.5, 0.6) is 0 Å². The van der Waals surface area contributed by atoms with Gasteiger partial charge in [-0.25, -0.2) is 8.42 Å². The van der Waals surface area contributed by atoms with Crippen molar-refractivity contribution in [3.63, 3.8) is 0 Å². The number of carbonyl (C=O) groups excluding carboxylic acids is 2. The summed E-state index contributed by atoms with van der Waals surface area (Å²) in [6.07, 6.45) is 1.00. The number of amides is 1. The molecule has 1 amide bonds. The molecule has 1 N–H and O–H groups in total. The summed E-state index contributed by atoms with van der Waals surface area (Å²) in [7, 11) is -3.64. The van der Waals surface area contributed by atoms with Gasteiger partial charge in [0.1, 0.15) is 0 Å². The Balaban J connectivity index is 1.54. The normalized spacial score (nSPS) is 18.7. The van der Waals surface area contributed by atoms with E-state index in [1.165, 1.54) is 34.6 Å². The quantitative estimate of drug-likeness (QED) is 0.444. The van der Waals surface area contributed by atoms with E-state index in [0.29, 0.717) is 41.2 Å². The third-order valence-electron chi connectivity index (χ3n) is 6.10. The van der Waals surface area contributed by atoms with Gasteiger partial charge in [0.15, 0.2) is 5.78 Å². The first kappa shape index (κ1) is 25.1. The van der Waals surface area contributed by atoms with Crippen LogP contribution < -0.4 is 5.32 Å². The lowest BCUT2D eigenvalue weighted by atomic mass is 9.94. The van der Waals surface area contributed by atoms with Gasteiger partial charge in [0.25, 0.3) is 5.91 Å². The minimum atomic E-state index is -3.64. The van der Waals surface area contributed by atoms with Crippen molar-refractivity contribution in [3.05, 3.63) is 94.5 Å². The molecule has 182 valence electrons. The Morgan fingerprint density at radius 3 is 2.14 bits per heavy atom. The molecule has 4 rings (SSSR count). The first-order chi connectivity index (χ1) is 16.6. The van der Waals surface area contributed by atoms with Gasteiger partial charge in [0.2, 0.25) is 10.0 Å². The molecule has 0 spiro atoms. The number of carbonyl (C=O) groups is 2. The molecule has 1 fully saturated rings. The van der Waals surface area contributed by atoms with Gasteiger partial charge in [-0.3, -0.25) is 9.59 Å².